The number of hydrogen-bond donors (Lipinski definition) is 1. The van der Waals surface area contributed by atoms with Crippen LogP contribution in [0.25, 0.3) is 11.8 Å². The minimum atomic E-state index is -0.487. The largest absolute Gasteiger partial charge is 0.383 e. The maximum absolute atomic E-state index is 13.1. The molecular formula is C28H33N5O5. The minimum absolute atomic E-state index is 0.0358. The SMILES string of the molecule is COCCN(CC(=O)Nc1cc(C(C)(C)C)nn1-c1ccc(C)cc1)C(=O)C=Cc1ccc([N+](=O)[O-])cc1. The maximum Gasteiger partial charge on any atom is 0.269 e. The van der Waals surface area contributed by atoms with Gasteiger partial charge >= 0.3 is 0 Å². The Labute approximate surface area is 222 Å². The predicted molar refractivity (Wildman–Crippen MR) is 146 cm³/mol. The van der Waals surface area contributed by atoms with Crippen LogP contribution in [0.1, 0.15) is 37.6 Å². The molecule has 0 unspecified atom stereocenters. The second kappa shape index (κ2) is 12.3. The lowest BCUT2D eigenvalue weighted by Gasteiger charge is -2.20. The van der Waals surface area contributed by atoms with E-state index in [2.05, 4.69) is 5.32 Å². The van der Waals surface area contributed by atoms with Gasteiger partial charge in [0.05, 0.1) is 22.9 Å². The number of nitrogens with zero attached hydrogens (tertiary/aromatic N) is 4. The number of rotatable bonds is 10. The average molecular weight is 520 g/mol. The summed E-state index contributed by atoms with van der Waals surface area (Å²) in [6.07, 6.45) is 2.88. The Hall–Kier alpha value is -4.31. The Morgan fingerprint density at radius 1 is 1.13 bits per heavy atom. The van der Waals surface area contributed by atoms with Crippen LogP contribution in [-0.4, -0.2) is 58.2 Å². The summed E-state index contributed by atoms with van der Waals surface area (Å²) in [7, 11) is 1.52. The van der Waals surface area contributed by atoms with Crippen molar-refractivity contribution in [2.45, 2.75) is 33.1 Å². The lowest BCUT2D eigenvalue weighted by atomic mass is 9.92. The summed E-state index contributed by atoms with van der Waals surface area (Å²) in [6, 6.07) is 15.5. The van der Waals surface area contributed by atoms with Gasteiger partial charge in [0.25, 0.3) is 5.69 Å². The van der Waals surface area contributed by atoms with Crippen LogP contribution in [0, 0.1) is 17.0 Å². The summed E-state index contributed by atoms with van der Waals surface area (Å²) in [6.45, 7) is 8.39. The van der Waals surface area contributed by atoms with Crippen LogP contribution in [-0.2, 0) is 19.7 Å². The van der Waals surface area contributed by atoms with E-state index in [0.717, 1.165) is 16.9 Å². The third-order valence-corrected chi connectivity index (χ3v) is 5.76. The molecule has 0 spiro atoms. The summed E-state index contributed by atoms with van der Waals surface area (Å²) >= 11 is 0. The van der Waals surface area contributed by atoms with Gasteiger partial charge in [-0.1, -0.05) is 38.5 Å². The Bertz CT molecular complexity index is 1300. The van der Waals surface area contributed by atoms with Crippen molar-refractivity contribution in [1.29, 1.82) is 0 Å². The Morgan fingerprint density at radius 2 is 1.79 bits per heavy atom. The summed E-state index contributed by atoms with van der Waals surface area (Å²) in [5.41, 5.74) is 3.07. The van der Waals surface area contributed by atoms with Gasteiger partial charge < -0.3 is 15.0 Å². The lowest BCUT2D eigenvalue weighted by molar-refractivity contribution is -0.384. The number of ether oxygens (including phenoxy) is 1. The van der Waals surface area contributed by atoms with E-state index >= 15 is 0 Å². The number of amides is 2. The van der Waals surface area contributed by atoms with E-state index in [9.17, 15) is 19.7 Å². The van der Waals surface area contributed by atoms with Crippen LogP contribution in [0.15, 0.2) is 60.7 Å². The molecule has 0 bridgehead atoms. The molecule has 200 valence electrons. The highest BCUT2D eigenvalue weighted by molar-refractivity contribution is 5.98. The van der Waals surface area contributed by atoms with Gasteiger partial charge in [0, 0.05) is 43.3 Å². The Morgan fingerprint density at radius 3 is 2.37 bits per heavy atom. The molecule has 0 saturated carbocycles. The number of benzene rings is 2. The number of anilines is 1. The van der Waals surface area contributed by atoms with E-state index in [1.807, 2.05) is 58.0 Å². The fraction of sp³-hybridized carbons (Fsp3) is 0.321. The molecule has 1 aromatic heterocycles. The van der Waals surface area contributed by atoms with Gasteiger partial charge in [0.2, 0.25) is 11.8 Å². The highest BCUT2D eigenvalue weighted by Gasteiger charge is 2.23. The van der Waals surface area contributed by atoms with Gasteiger partial charge in [-0.25, -0.2) is 4.68 Å². The summed E-state index contributed by atoms with van der Waals surface area (Å²) < 4.78 is 6.81. The Balaban J connectivity index is 1.78. The number of aromatic nitrogens is 2. The molecule has 0 saturated heterocycles. The average Bonchev–Trinajstić information content (AvgIpc) is 3.30. The molecule has 2 aromatic carbocycles. The van der Waals surface area contributed by atoms with Crippen LogP contribution in [0.4, 0.5) is 11.5 Å². The van der Waals surface area contributed by atoms with Crippen LogP contribution in [0.5, 0.6) is 0 Å². The van der Waals surface area contributed by atoms with Crippen molar-refractivity contribution in [2.24, 2.45) is 0 Å². The van der Waals surface area contributed by atoms with Gasteiger partial charge in [-0.3, -0.25) is 19.7 Å². The molecule has 1 heterocycles. The van der Waals surface area contributed by atoms with Gasteiger partial charge in [-0.2, -0.15) is 5.10 Å². The molecule has 0 atom stereocenters. The fourth-order valence-electron chi connectivity index (χ4n) is 3.52. The highest BCUT2D eigenvalue weighted by atomic mass is 16.6. The van der Waals surface area contributed by atoms with Crippen molar-refractivity contribution in [2.75, 3.05) is 32.1 Å². The second-order valence-corrected chi connectivity index (χ2v) is 9.89. The molecule has 0 fully saturated rings. The summed E-state index contributed by atoms with van der Waals surface area (Å²) in [5, 5.41) is 18.5. The quantitative estimate of drug-likeness (QED) is 0.239. The number of nitrogens with one attached hydrogen (secondary N) is 1. The number of carbonyl (C=O) groups excluding carboxylic acids is 2. The van der Waals surface area contributed by atoms with Gasteiger partial charge in [-0.15, -0.1) is 0 Å². The van der Waals surface area contributed by atoms with E-state index in [1.54, 1.807) is 22.9 Å². The molecule has 3 rings (SSSR count). The molecular weight excluding hydrogens is 486 g/mol. The predicted octanol–water partition coefficient (Wildman–Crippen LogP) is 4.51. The van der Waals surface area contributed by atoms with Crippen molar-refractivity contribution >= 4 is 29.4 Å². The maximum atomic E-state index is 13.1. The van der Waals surface area contributed by atoms with E-state index in [1.165, 1.54) is 30.2 Å². The molecule has 0 aliphatic heterocycles. The van der Waals surface area contributed by atoms with E-state index < -0.39 is 10.8 Å². The van der Waals surface area contributed by atoms with E-state index in [4.69, 9.17) is 9.84 Å². The molecule has 10 heteroatoms. The highest BCUT2D eigenvalue weighted by Crippen LogP contribution is 2.26. The first-order chi connectivity index (χ1) is 18.0. The number of hydrogen-bond acceptors (Lipinski definition) is 6. The number of nitro benzene ring substituents is 1. The van der Waals surface area contributed by atoms with Crippen LogP contribution < -0.4 is 5.32 Å². The molecule has 0 aliphatic rings. The van der Waals surface area contributed by atoms with Gasteiger partial charge in [-0.05, 0) is 42.8 Å². The smallest absolute Gasteiger partial charge is 0.269 e. The summed E-state index contributed by atoms with van der Waals surface area (Å²) in [5.74, 6) is -0.269. The molecule has 3 aromatic rings. The first kappa shape index (κ1) is 28.3. The molecule has 10 nitrogen and oxygen atoms in total. The van der Waals surface area contributed by atoms with E-state index in [-0.39, 0.29) is 36.7 Å². The van der Waals surface area contributed by atoms with Crippen molar-refractivity contribution in [3.8, 4) is 5.69 Å². The molecule has 1 N–H and O–H groups in total. The van der Waals surface area contributed by atoms with Crippen molar-refractivity contribution in [3.05, 3.63) is 87.6 Å². The molecule has 2 amide bonds. The summed E-state index contributed by atoms with van der Waals surface area (Å²) in [4.78, 5) is 37.7. The first-order valence-corrected chi connectivity index (χ1v) is 12.2. The zero-order valence-electron chi connectivity index (χ0n) is 22.3. The number of nitro groups is 1. The number of aryl methyl sites for hydroxylation is 1. The third kappa shape index (κ3) is 7.59. The normalized spacial score (nSPS) is 11.5. The van der Waals surface area contributed by atoms with E-state index in [0.29, 0.717) is 11.4 Å². The van der Waals surface area contributed by atoms with Crippen LogP contribution in [0.2, 0.25) is 0 Å². The van der Waals surface area contributed by atoms with Gasteiger partial charge in [0.15, 0.2) is 0 Å². The monoisotopic (exact) mass is 519 g/mol. The molecule has 0 aliphatic carbocycles. The van der Waals surface area contributed by atoms with Crippen molar-refractivity contribution < 1.29 is 19.2 Å². The Kier molecular flexibility index (Phi) is 9.14. The van der Waals surface area contributed by atoms with Crippen molar-refractivity contribution in [3.63, 3.8) is 0 Å². The number of non-ortho nitro benzene ring substituents is 1. The number of methoxy groups -OCH3 is 1. The van der Waals surface area contributed by atoms with Crippen LogP contribution in [0.3, 0.4) is 0 Å². The third-order valence-electron chi connectivity index (χ3n) is 5.76. The lowest BCUT2D eigenvalue weighted by Crippen LogP contribution is -2.39. The first-order valence-electron chi connectivity index (χ1n) is 12.2. The topological polar surface area (TPSA) is 120 Å². The van der Waals surface area contributed by atoms with Crippen LogP contribution >= 0.6 is 0 Å². The number of carbonyl (C=O) groups is 2. The molecule has 0 radical (unpaired) electrons. The minimum Gasteiger partial charge on any atom is -0.383 e. The van der Waals surface area contributed by atoms with Crippen molar-refractivity contribution in [1.82, 2.24) is 14.7 Å². The fourth-order valence-corrected chi connectivity index (χ4v) is 3.52. The standard InChI is InChI=1S/C28H33N5O5/c1-20-6-11-22(12-7-20)32-25(18-24(30-32)28(2,3)4)29-26(34)19-31(16-17-38-5)27(35)15-10-21-8-13-23(14-9-21)33(36)37/h6-15,18H,16-17,19H2,1-5H3,(H,29,34). The van der Waals surface area contributed by atoms with Gasteiger partial charge in [0.1, 0.15) is 12.4 Å². The zero-order chi connectivity index (χ0) is 27.9. The second-order valence-electron chi connectivity index (χ2n) is 9.89. The molecule has 38 heavy (non-hydrogen) atoms. The zero-order valence-corrected chi connectivity index (χ0v) is 22.3.